The topological polar surface area (TPSA) is 59.3 Å². The molecule has 0 aliphatic rings. The molecule has 2 aromatic carbocycles. The third-order valence-corrected chi connectivity index (χ3v) is 2.81. The fourth-order valence-corrected chi connectivity index (χ4v) is 1.83. The van der Waals surface area contributed by atoms with Crippen LogP contribution in [0, 0.1) is 11.3 Å². The first-order valence-electron chi connectivity index (χ1n) is 6.85. The molecule has 0 aromatic heterocycles. The predicted molar refractivity (Wildman–Crippen MR) is 83.3 cm³/mol. The maximum absolute atomic E-state index is 12.1. The predicted octanol–water partition coefficient (Wildman–Crippen LogP) is 3.60. The van der Waals surface area contributed by atoms with Gasteiger partial charge in [0.2, 0.25) is 0 Å². The summed E-state index contributed by atoms with van der Waals surface area (Å²) in [5, 5.41) is 9.20. The van der Waals surface area contributed by atoms with Gasteiger partial charge in [-0.05, 0) is 31.2 Å². The monoisotopic (exact) mass is 293 g/mol. The molecule has 0 bridgehead atoms. The van der Waals surface area contributed by atoms with E-state index in [-0.39, 0.29) is 5.57 Å². The zero-order valence-corrected chi connectivity index (χ0v) is 12.2. The number of carbonyl (C=O) groups is 1. The Kier molecular flexibility index (Phi) is 5.33. The van der Waals surface area contributed by atoms with Crippen molar-refractivity contribution in [2.75, 3.05) is 6.61 Å². The summed E-state index contributed by atoms with van der Waals surface area (Å²) in [6.45, 7) is 2.37. The van der Waals surface area contributed by atoms with Crippen LogP contribution >= 0.6 is 0 Å². The van der Waals surface area contributed by atoms with Crippen LogP contribution in [0.1, 0.15) is 12.5 Å². The van der Waals surface area contributed by atoms with Crippen LogP contribution in [-0.2, 0) is 4.79 Å². The number of nitriles is 1. The summed E-state index contributed by atoms with van der Waals surface area (Å²) < 4.78 is 10.6. The average molecular weight is 293 g/mol. The van der Waals surface area contributed by atoms with E-state index in [9.17, 15) is 10.1 Å². The van der Waals surface area contributed by atoms with E-state index < -0.39 is 5.97 Å². The van der Waals surface area contributed by atoms with Crippen LogP contribution in [-0.4, -0.2) is 12.6 Å². The van der Waals surface area contributed by atoms with E-state index in [1.165, 1.54) is 6.08 Å². The third kappa shape index (κ3) is 3.97. The smallest absolute Gasteiger partial charge is 0.354 e. The van der Waals surface area contributed by atoms with Crippen LogP contribution in [0.15, 0.2) is 60.2 Å². The van der Waals surface area contributed by atoms with Crippen molar-refractivity contribution in [1.29, 1.82) is 5.26 Å². The molecule has 0 radical (unpaired) electrons. The molecule has 2 aromatic rings. The lowest BCUT2D eigenvalue weighted by atomic mass is 10.1. The van der Waals surface area contributed by atoms with Crippen molar-refractivity contribution < 1.29 is 14.3 Å². The highest BCUT2D eigenvalue weighted by Gasteiger charge is 2.13. The second kappa shape index (κ2) is 7.65. The van der Waals surface area contributed by atoms with Crippen LogP contribution in [0.25, 0.3) is 6.08 Å². The number of ether oxygens (including phenoxy) is 2. The molecule has 4 heteroatoms. The van der Waals surface area contributed by atoms with E-state index in [1.54, 1.807) is 36.4 Å². The quantitative estimate of drug-likeness (QED) is 0.366. The van der Waals surface area contributed by atoms with Gasteiger partial charge in [0, 0.05) is 5.56 Å². The highest BCUT2D eigenvalue weighted by Crippen LogP contribution is 2.21. The zero-order valence-electron chi connectivity index (χ0n) is 12.2. The Morgan fingerprint density at radius 1 is 1.14 bits per heavy atom. The highest BCUT2D eigenvalue weighted by atomic mass is 16.5. The number of hydrogen-bond acceptors (Lipinski definition) is 4. The van der Waals surface area contributed by atoms with Crippen LogP contribution in [0.2, 0.25) is 0 Å². The van der Waals surface area contributed by atoms with Crippen LogP contribution < -0.4 is 9.47 Å². The second-order valence-corrected chi connectivity index (χ2v) is 4.34. The number of nitrogens with zero attached hydrogens (tertiary/aromatic N) is 1. The first kappa shape index (κ1) is 15.3. The van der Waals surface area contributed by atoms with Gasteiger partial charge in [0.05, 0.1) is 6.61 Å². The first-order valence-corrected chi connectivity index (χ1v) is 6.85. The lowest BCUT2D eigenvalue weighted by Gasteiger charge is -2.07. The Bertz CT molecular complexity index is 715. The largest absolute Gasteiger partial charge is 0.493 e. The lowest BCUT2D eigenvalue weighted by Crippen LogP contribution is -2.10. The number of para-hydroxylation sites is 2. The van der Waals surface area contributed by atoms with Gasteiger partial charge in [0.1, 0.15) is 23.1 Å². The number of hydrogen-bond donors (Lipinski definition) is 0. The molecule has 0 aliphatic heterocycles. The molecule has 110 valence electrons. The van der Waals surface area contributed by atoms with Crippen LogP contribution in [0.5, 0.6) is 11.5 Å². The van der Waals surface area contributed by atoms with E-state index in [0.717, 1.165) is 0 Å². The number of benzene rings is 2. The zero-order chi connectivity index (χ0) is 15.8. The maximum Gasteiger partial charge on any atom is 0.354 e. The molecule has 4 nitrogen and oxygen atoms in total. The van der Waals surface area contributed by atoms with Crippen molar-refractivity contribution in [2.24, 2.45) is 0 Å². The van der Waals surface area contributed by atoms with Gasteiger partial charge in [0.15, 0.2) is 0 Å². The number of esters is 1. The maximum atomic E-state index is 12.1. The van der Waals surface area contributed by atoms with E-state index in [0.29, 0.717) is 23.7 Å². The molecular weight excluding hydrogens is 278 g/mol. The van der Waals surface area contributed by atoms with Gasteiger partial charge in [-0.25, -0.2) is 4.79 Å². The normalized spacial score (nSPS) is 10.6. The molecule has 0 amide bonds. The molecule has 0 N–H and O–H groups in total. The molecule has 0 fully saturated rings. The van der Waals surface area contributed by atoms with Crippen molar-refractivity contribution >= 4 is 12.0 Å². The summed E-state index contributed by atoms with van der Waals surface area (Å²) in [5.74, 6) is 0.317. The number of rotatable bonds is 5. The molecule has 0 atom stereocenters. The van der Waals surface area contributed by atoms with Gasteiger partial charge in [-0.1, -0.05) is 36.4 Å². The minimum Gasteiger partial charge on any atom is -0.493 e. The lowest BCUT2D eigenvalue weighted by molar-refractivity contribution is -0.129. The molecule has 0 heterocycles. The summed E-state index contributed by atoms with van der Waals surface area (Å²) in [6, 6.07) is 17.7. The van der Waals surface area contributed by atoms with Gasteiger partial charge in [0.25, 0.3) is 0 Å². The van der Waals surface area contributed by atoms with Crippen LogP contribution in [0.3, 0.4) is 0 Å². The molecule has 2 rings (SSSR count). The van der Waals surface area contributed by atoms with Crippen molar-refractivity contribution in [1.82, 2.24) is 0 Å². The fraction of sp³-hybridized carbons (Fsp3) is 0.111. The molecule has 0 aliphatic carbocycles. The van der Waals surface area contributed by atoms with Crippen molar-refractivity contribution in [3.8, 4) is 17.6 Å². The van der Waals surface area contributed by atoms with Crippen LogP contribution in [0.4, 0.5) is 0 Å². The van der Waals surface area contributed by atoms with Gasteiger partial charge >= 0.3 is 5.97 Å². The molecule has 0 unspecified atom stereocenters. The van der Waals surface area contributed by atoms with E-state index in [1.807, 2.05) is 31.2 Å². The molecule has 0 saturated heterocycles. The average Bonchev–Trinajstić information content (AvgIpc) is 2.55. The Hall–Kier alpha value is -3.06. The van der Waals surface area contributed by atoms with Crippen molar-refractivity contribution in [2.45, 2.75) is 6.92 Å². The minimum absolute atomic E-state index is 0.0870. The first-order chi connectivity index (χ1) is 10.7. The van der Waals surface area contributed by atoms with Gasteiger partial charge in [-0.15, -0.1) is 0 Å². The van der Waals surface area contributed by atoms with E-state index >= 15 is 0 Å². The summed E-state index contributed by atoms with van der Waals surface area (Å²) in [6.07, 6.45) is 1.47. The Morgan fingerprint density at radius 2 is 1.82 bits per heavy atom. The number of carbonyl (C=O) groups excluding carboxylic acids is 1. The van der Waals surface area contributed by atoms with E-state index in [4.69, 9.17) is 9.47 Å². The van der Waals surface area contributed by atoms with Gasteiger partial charge in [-0.2, -0.15) is 5.26 Å². The standard InChI is InChI=1S/C18H15NO3/c1-2-21-17-11-7-6-8-14(17)12-15(13-19)18(20)22-16-9-4-3-5-10-16/h3-12H,2H2,1H3. The SMILES string of the molecule is CCOc1ccccc1C=C(C#N)C(=O)Oc1ccccc1. The summed E-state index contributed by atoms with van der Waals surface area (Å²) in [7, 11) is 0. The van der Waals surface area contributed by atoms with Gasteiger partial charge in [-0.3, -0.25) is 0 Å². The third-order valence-electron chi connectivity index (χ3n) is 2.81. The summed E-state index contributed by atoms with van der Waals surface area (Å²) >= 11 is 0. The Labute approximate surface area is 129 Å². The van der Waals surface area contributed by atoms with E-state index in [2.05, 4.69) is 0 Å². The summed E-state index contributed by atoms with van der Waals surface area (Å²) in [5.41, 5.74) is 0.571. The van der Waals surface area contributed by atoms with Crippen molar-refractivity contribution in [3.05, 3.63) is 65.7 Å². The molecule has 22 heavy (non-hydrogen) atoms. The van der Waals surface area contributed by atoms with Crippen molar-refractivity contribution in [3.63, 3.8) is 0 Å². The molecule has 0 saturated carbocycles. The van der Waals surface area contributed by atoms with Gasteiger partial charge < -0.3 is 9.47 Å². The fourth-order valence-electron chi connectivity index (χ4n) is 1.83. The second-order valence-electron chi connectivity index (χ2n) is 4.34. The molecular formula is C18H15NO3. The Morgan fingerprint density at radius 3 is 2.50 bits per heavy atom. The highest BCUT2D eigenvalue weighted by molar-refractivity contribution is 5.99. The minimum atomic E-state index is -0.694. The Balaban J connectivity index is 2.24. The molecule has 0 spiro atoms. The summed E-state index contributed by atoms with van der Waals surface area (Å²) in [4.78, 5) is 12.1.